The number of nitrogens with zero attached hydrogens (tertiary/aromatic N) is 1. The second kappa shape index (κ2) is 7.24. The van der Waals surface area contributed by atoms with Crippen LogP contribution in [0.2, 0.25) is 5.02 Å². The Bertz CT molecular complexity index is 631. The van der Waals surface area contributed by atoms with Crippen LogP contribution in [0.25, 0.3) is 0 Å². The van der Waals surface area contributed by atoms with Crippen molar-refractivity contribution >= 4 is 34.7 Å². The summed E-state index contributed by atoms with van der Waals surface area (Å²) >= 11 is 11.2. The van der Waals surface area contributed by atoms with Gasteiger partial charge in [0.15, 0.2) is 5.11 Å². The fourth-order valence-electron chi connectivity index (χ4n) is 1.70. The molecular weight excluding hydrogens is 306 g/mol. The van der Waals surface area contributed by atoms with Gasteiger partial charge in [-0.3, -0.25) is 0 Å². The molecule has 1 aromatic carbocycles. The second-order valence-corrected chi connectivity index (χ2v) is 5.23. The Morgan fingerprint density at radius 2 is 1.95 bits per heavy atom. The molecule has 2 rings (SSSR count). The number of hydrogen-bond donors (Lipinski definition) is 2. The van der Waals surface area contributed by atoms with Crippen LogP contribution in [-0.4, -0.2) is 17.2 Å². The molecule has 0 radical (unpaired) electrons. The Kier molecular flexibility index (Phi) is 5.36. The number of aromatic nitrogens is 1. The van der Waals surface area contributed by atoms with Crippen LogP contribution in [0.3, 0.4) is 0 Å². The normalized spacial score (nSPS) is 10.0. The molecule has 0 bridgehead atoms. The molecule has 0 saturated carbocycles. The van der Waals surface area contributed by atoms with Crippen LogP contribution in [0.4, 0.5) is 5.82 Å². The van der Waals surface area contributed by atoms with E-state index in [1.807, 2.05) is 31.2 Å². The van der Waals surface area contributed by atoms with Gasteiger partial charge in [-0.05, 0) is 49.0 Å². The number of benzene rings is 1. The smallest absolute Gasteiger partial charge is 0.172 e. The van der Waals surface area contributed by atoms with Crippen molar-refractivity contribution in [2.45, 2.75) is 13.5 Å². The third-order valence-electron chi connectivity index (χ3n) is 2.88. The van der Waals surface area contributed by atoms with E-state index in [0.717, 1.165) is 17.0 Å². The number of rotatable bonds is 4. The van der Waals surface area contributed by atoms with Crippen molar-refractivity contribution in [3.63, 3.8) is 0 Å². The summed E-state index contributed by atoms with van der Waals surface area (Å²) in [6.07, 6.45) is 0. The summed E-state index contributed by atoms with van der Waals surface area (Å²) in [5, 5.41) is 7.30. The van der Waals surface area contributed by atoms with Gasteiger partial charge >= 0.3 is 0 Å². The maximum absolute atomic E-state index is 5.93. The van der Waals surface area contributed by atoms with Crippen molar-refractivity contribution in [1.29, 1.82) is 0 Å². The van der Waals surface area contributed by atoms with Crippen LogP contribution in [0.5, 0.6) is 5.75 Å². The maximum atomic E-state index is 5.93. The van der Waals surface area contributed by atoms with E-state index in [0.29, 0.717) is 22.5 Å². The molecular formula is C15H16ClN3OS. The van der Waals surface area contributed by atoms with Gasteiger partial charge in [0, 0.05) is 6.54 Å². The van der Waals surface area contributed by atoms with Gasteiger partial charge in [-0.25, -0.2) is 4.98 Å². The van der Waals surface area contributed by atoms with E-state index in [2.05, 4.69) is 15.6 Å². The highest BCUT2D eigenvalue weighted by Gasteiger charge is 2.02. The summed E-state index contributed by atoms with van der Waals surface area (Å²) in [6, 6.07) is 11.4. The molecule has 0 aliphatic heterocycles. The first-order valence-corrected chi connectivity index (χ1v) is 7.18. The predicted octanol–water partition coefficient (Wildman–Crippen LogP) is 3.54. The summed E-state index contributed by atoms with van der Waals surface area (Å²) in [6.45, 7) is 2.48. The lowest BCUT2D eigenvalue weighted by Crippen LogP contribution is -2.28. The summed E-state index contributed by atoms with van der Waals surface area (Å²) in [4.78, 5) is 4.30. The molecule has 0 spiro atoms. The van der Waals surface area contributed by atoms with Gasteiger partial charge < -0.3 is 15.4 Å². The minimum Gasteiger partial charge on any atom is -0.497 e. The Labute approximate surface area is 134 Å². The number of nitrogens with one attached hydrogen (secondary N) is 2. The molecule has 2 aromatic rings. The molecule has 0 aliphatic rings. The Hall–Kier alpha value is -1.85. The molecule has 0 aliphatic carbocycles. The Morgan fingerprint density at radius 3 is 2.57 bits per heavy atom. The number of ether oxygens (including phenoxy) is 1. The molecule has 0 atom stereocenters. The molecule has 0 amide bonds. The fourth-order valence-corrected chi connectivity index (χ4v) is 1.98. The van der Waals surface area contributed by atoms with Gasteiger partial charge in [-0.2, -0.15) is 0 Å². The SMILES string of the molecule is COc1ccc(CNC(=S)Nc2ccc(Cl)c(C)n2)cc1. The number of anilines is 1. The number of aryl methyl sites for hydroxylation is 1. The summed E-state index contributed by atoms with van der Waals surface area (Å²) in [5.41, 5.74) is 1.87. The van der Waals surface area contributed by atoms with E-state index < -0.39 is 0 Å². The third kappa shape index (κ3) is 4.58. The van der Waals surface area contributed by atoms with E-state index >= 15 is 0 Å². The number of halogens is 1. The number of pyridine rings is 1. The highest BCUT2D eigenvalue weighted by Crippen LogP contribution is 2.15. The lowest BCUT2D eigenvalue weighted by molar-refractivity contribution is 0.414. The summed E-state index contributed by atoms with van der Waals surface area (Å²) < 4.78 is 5.12. The summed E-state index contributed by atoms with van der Waals surface area (Å²) in [5.74, 6) is 1.50. The van der Waals surface area contributed by atoms with Gasteiger partial charge in [0.05, 0.1) is 17.8 Å². The first kappa shape index (κ1) is 15.5. The van der Waals surface area contributed by atoms with Crippen LogP contribution in [0.1, 0.15) is 11.3 Å². The van der Waals surface area contributed by atoms with E-state index in [9.17, 15) is 0 Å². The van der Waals surface area contributed by atoms with Crippen LogP contribution in [0.15, 0.2) is 36.4 Å². The zero-order valence-corrected chi connectivity index (χ0v) is 13.4. The average molecular weight is 322 g/mol. The van der Waals surface area contributed by atoms with Crippen LogP contribution >= 0.6 is 23.8 Å². The zero-order valence-electron chi connectivity index (χ0n) is 11.8. The lowest BCUT2D eigenvalue weighted by Gasteiger charge is -2.11. The molecule has 21 heavy (non-hydrogen) atoms. The van der Waals surface area contributed by atoms with Gasteiger partial charge in [-0.15, -0.1) is 0 Å². The Balaban J connectivity index is 1.87. The molecule has 0 saturated heterocycles. The van der Waals surface area contributed by atoms with E-state index in [-0.39, 0.29) is 0 Å². The highest BCUT2D eigenvalue weighted by atomic mass is 35.5. The third-order valence-corrected chi connectivity index (χ3v) is 3.52. The highest BCUT2D eigenvalue weighted by molar-refractivity contribution is 7.80. The molecule has 4 nitrogen and oxygen atoms in total. The van der Waals surface area contributed by atoms with Crippen molar-refractivity contribution in [3.8, 4) is 5.75 Å². The van der Waals surface area contributed by atoms with Crippen molar-refractivity contribution in [2.75, 3.05) is 12.4 Å². The first-order valence-electron chi connectivity index (χ1n) is 6.39. The zero-order chi connectivity index (χ0) is 15.2. The van der Waals surface area contributed by atoms with Crippen molar-refractivity contribution < 1.29 is 4.74 Å². The number of thiocarbonyl (C=S) groups is 1. The van der Waals surface area contributed by atoms with E-state index in [1.165, 1.54) is 0 Å². The topological polar surface area (TPSA) is 46.2 Å². The van der Waals surface area contributed by atoms with E-state index in [4.69, 9.17) is 28.6 Å². The molecule has 110 valence electrons. The number of methoxy groups -OCH3 is 1. The Morgan fingerprint density at radius 1 is 1.24 bits per heavy atom. The largest absolute Gasteiger partial charge is 0.497 e. The molecule has 1 aromatic heterocycles. The minimum atomic E-state index is 0.514. The minimum absolute atomic E-state index is 0.514. The lowest BCUT2D eigenvalue weighted by atomic mass is 10.2. The van der Waals surface area contributed by atoms with Gasteiger partial charge in [0.2, 0.25) is 0 Å². The monoisotopic (exact) mass is 321 g/mol. The van der Waals surface area contributed by atoms with Gasteiger partial charge in [0.1, 0.15) is 11.6 Å². The van der Waals surface area contributed by atoms with E-state index in [1.54, 1.807) is 19.2 Å². The molecule has 0 fully saturated rings. The molecule has 1 heterocycles. The standard InChI is InChI=1S/C15H16ClN3OS/c1-10-13(16)7-8-14(18-10)19-15(21)17-9-11-3-5-12(20-2)6-4-11/h3-8H,9H2,1-2H3,(H2,17,18,19,21). The summed E-state index contributed by atoms with van der Waals surface area (Å²) in [7, 11) is 1.65. The molecule has 0 unspecified atom stereocenters. The van der Waals surface area contributed by atoms with Crippen LogP contribution in [-0.2, 0) is 6.54 Å². The second-order valence-electron chi connectivity index (χ2n) is 4.42. The number of hydrogen-bond acceptors (Lipinski definition) is 3. The van der Waals surface area contributed by atoms with Gasteiger partial charge in [-0.1, -0.05) is 23.7 Å². The fraction of sp³-hybridized carbons (Fsp3) is 0.200. The first-order chi connectivity index (χ1) is 10.1. The molecule has 6 heteroatoms. The molecule has 2 N–H and O–H groups in total. The van der Waals surface area contributed by atoms with Crippen molar-refractivity contribution in [2.24, 2.45) is 0 Å². The predicted molar refractivity (Wildman–Crippen MR) is 90.0 cm³/mol. The van der Waals surface area contributed by atoms with Crippen molar-refractivity contribution in [3.05, 3.63) is 52.7 Å². The van der Waals surface area contributed by atoms with Crippen LogP contribution < -0.4 is 15.4 Å². The van der Waals surface area contributed by atoms with Crippen molar-refractivity contribution in [1.82, 2.24) is 10.3 Å². The van der Waals surface area contributed by atoms with Crippen LogP contribution in [0, 0.1) is 6.92 Å². The average Bonchev–Trinajstić information content (AvgIpc) is 2.49. The van der Waals surface area contributed by atoms with Gasteiger partial charge in [0.25, 0.3) is 0 Å². The quantitative estimate of drug-likeness (QED) is 0.843. The maximum Gasteiger partial charge on any atom is 0.172 e.